The van der Waals surface area contributed by atoms with Crippen molar-refractivity contribution in [3.63, 3.8) is 0 Å². The van der Waals surface area contributed by atoms with Gasteiger partial charge in [-0.25, -0.2) is 4.98 Å². The molecular weight excluding hydrogens is 228 g/mol. The smallest absolute Gasteiger partial charge is 0.293 e. The summed E-state index contributed by atoms with van der Waals surface area (Å²) in [6.07, 6.45) is 5.60. The second kappa shape index (κ2) is 5.52. The molecule has 5 heteroatoms. The average molecular weight is 250 g/mol. The van der Waals surface area contributed by atoms with Gasteiger partial charge in [-0.2, -0.15) is 0 Å². The van der Waals surface area contributed by atoms with Gasteiger partial charge in [0.15, 0.2) is 5.82 Å². The van der Waals surface area contributed by atoms with E-state index < -0.39 is 0 Å². The maximum absolute atomic E-state index is 12.3. The van der Waals surface area contributed by atoms with Crippen molar-refractivity contribution in [1.29, 1.82) is 0 Å². The van der Waals surface area contributed by atoms with Gasteiger partial charge in [-0.15, -0.1) is 0 Å². The third-order valence-corrected chi connectivity index (χ3v) is 3.57. The van der Waals surface area contributed by atoms with E-state index in [2.05, 4.69) is 9.88 Å². The van der Waals surface area contributed by atoms with Gasteiger partial charge in [-0.3, -0.25) is 4.79 Å². The van der Waals surface area contributed by atoms with E-state index in [1.54, 1.807) is 17.0 Å². The number of aromatic nitrogens is 2. The molecule has 0 aromatic carbocycles. The fraction of sp³-hybridized carbons (Fsp3) is 0.692. The Hall–Kier alpha value is -1.36. The Kier molecular flexibility index (Phi) is 4.01. The van der Waals surface area contributed by atoms with Gasteiger partial charge < -0.3 is 15.2 Å². The predicted octanol–water partition coefficient (Wildman–Crippen LogP) is 0.999. The largest absolute Gasteiger partial charge is 0.352 e. The molecule has 0 amide bonds. The minimum Gasteiger partial charge on any atom is -0.352 e. The number of hydrogen-bond acceptors (Lipinski definition) is 4. The van der Waals surface area contributed by atoms with Crippen molar-refractivity contribution in [2.75, 3.05) is 24.5 Å². The molecule has 1 unspecified atom stereocenters. The van der Waals surface area contributed by atoms with Crippen molar-refractivity contribution in [3.8, 4) is 0 Å². The number of rotatable bonds is 4. The first-order valence-electron chi connectivity index (χ1n) is 6.65. The summed E-state index contributed by atoms with van der Waals surface area (Å²) in [6.45, 7) is 6.55. The van der Waals surface area contributed by atoms with E-state index in [-0.39, 0.29) is 11.6 Å². The third kappa shape index (κ3) is 2.56. The van der Waals surface area contributed by atoms with Crippen LogP contribution in [0.4, 0.5) is 5.82 Å². The molecule has 1 aliphatic heterocycles. The summed E-state index contributed by atoms with van der Waals surface area (Å²) in [6, 6.07) is 0.168. The van der Waals surface area contributed by atoms with Gasteiger partial charge >= 0.3 is 0 Å². The molecule has 1 aliphatic rings. The van der Waals surface area contributed by atoms with Gasteiger partial charge in [0, 0.05) is 31.5 Å². The molecule has 2 heterocycles. The van der Waals surface area contributed by atoms with Gasteiger partial charge in [-0.05, 0) is 39.2 Å². The molecule has 1 fully saturated rings. The van der Waals surface area contributed by atoms with E-state index in [0.29, 0.717) is 11.7 Å². The van der Waals surface area contributed by atoms with Crippen LogP contribution < -0.4 is 16.2 Å². The van der Waals surface area contributed by atoms with Gasteiger partial charge in [0.1, 0.15) is 0 Å². The van der Waals surface area contributed by atoms with Gasteiger partial charge in [0.25, 0.3) is 5.56 Å². The van der Waals surface area contributed by atoms with Gasteiger partial charge in [0.2, 0.25) is 0 Å². The fourth-order valence-electron chi connectivity index (χ4n) is 2.53. The standard InChI is InChI=1S/C13H22N4O/c1-10(2)17-8-6-15-12(13(17)18)16-7-4-11(9-16)3-5-14/h6,8,10-11H,3-5,7,9,14H2,1-2H3. The quantitative estimate of drug-likeness (QED) is 0.866. The SMILES string of the molecule is CC(C)n1ccnc(N2CCC(CCN)C2)c1=O. The molecular formula is C13H22N4O. The zero-order chi connectivity index (χ0) is 13.1. The van der Waals surface area contributed by atoms with E-state index in [1.807, 2.05) is 13.8 Å². The van der Waals surface area contributed by atoms with Crippen molar-refractivity contribution in [2.24, 2.45) is 11.7 Å². The molecule has 100 valence electrons. The van der Waals surface area contributed by atoms with E-state index in [4.69, 9.17) is 5.73 Å². The summed E-state index contributed by atoms with van der Waals surface area (Å²) in [5.74, 6) is 1.19. The van der Waals surface area contributed by atoms with E-state index >= 15 is 0 Å². The highest BCUT2D eigenvalue weighted by Crippen LogP contribution is 2.21. The van der Waals surface area contributed by atoms with Crippen molar-refractivity contribution in [3.05, 3.63) is 22.7 Å². The van der Waals surface area contributed by atoms with E-state index in [0.717, 1.165) is 32.5 Å². The molecule has 2 N–H and O–H groups in total. The molecule has 1 aromatic heterocycles. The Morgan fingerprint density at radius 3 is 3.00 bits per heavy atom. The predicted molar refractivity (Wildman–Crippen MR) is 72.9 cm³/mol. The second-order valence-electron chi connectivity index (χ2n) is 5.24. The highest BCUT2D eigenvalue weighted by atomic mass is 16.1. The summed E-state index contributed by atoms with van der Waals surface area (Å²) >= 11 is 0. The van der Waals surface area contributed by atoms with Crippen molar-refractivity contribution >= 4 is 5.82 Å². The Labute approximate surface area is 108 Å². The lowest BCUT2D eigenvalue weighted by molar-refractivity contribution is 0.544. The minimum atomic E-state index is 0.0147. The molecule has 0 radical (unpaired) electrons. The zero-order valence-electron chi connectivity index (χ0n) is 11.2. The molecule has 1 atom stereocenters. The highest BCUT2D eigenvalue weighted by Gasteiger charge is 2.25. The molecule has 0 bridgehead atoms. The number of anilines is 1. The van der Waals surface area contributed by atoms with Gasteiger partial charge in [0.05, 0.1) is 0 Å². The van der Waals surface area contributed by atoms with Crippen LogP contribution >= 0.6 is 0 Å². The normalized spacial score (nSPS) is 19.8. The van der Waals surface area contributed by atoms with Crippen LogP contribution in [-0.4, -0.2) is 29.2 Å². The van der Waals surface area contributed by atoms with Crippen LogP contribution in [0, 0.1) is 5.92 Å². The van der Waals surface area contributed by atoms with Gasteiger partial charge in [-0.1, -0.05) is 0 Å². The first kappa shape index (κ1) is 13.1. The maximum Gasteiger partial charge on any atom is 0.293 e. The Morgan fingerprint density at radius 1 is 1.56 bits per heavy atom. The second-order valence-corrected chi connectivity index (χ2v) is 5.24. The Balaban J connectivity index is 2.20. The van der Waals surface area contributed by atoms with Crippen LogP contribution in [0.5, 0.6) is 0 Å². The lowest BCUT2D eigenvalue weighted by Crippen LogP contribution is -2.32. The van der Waals surface area contributed by atoms with Crippen molar-refractivity contribution < 1.29 is 0 Å². The number of nitrogens with two attached hydrogens (primary N) is 1. The molecule has 18 heavy (non-hydrogen) atoms. The van der Waals surface area contributed by atoms with Crippen LogP contribution in [0.15, 0.2) is 17.2 Å². The van der Waals surface area contributed by atoms with E-state index in [1.165, 1.54) is 0 Å². The van der Waals surface area contributed by atoms with Crippen LogP contribution in [0.25, 0.3) is 0 Å². The lowest BCUT2D eigenvalue weighted by atomic mass is 10.1. The third-order valence-electron chi connectivity index (χ3n) is 3.57. The zero-order valence-corrected chi connectivity index (χ0v) is 11.2. The topological polar surface area (TPSA) is 64.2 Å². The highest BCUT2D eigenvalue weighted by molar-refractivity contribution is 5.37. The summed E-state index contributed by atoms with van der Waals surface area (Å²) < 4.78 is 1.73. The molecule has 0 aliphatic carbocycles. The summed E-state index contributed by atoms with van der Waals surface area (Å²) in [5, 5.41) is 0. The molecule has 0 saturated carbocycles. The molecule has 2 rings (SSSR count). The number of nitrogens with zero attached hydrogens (tertiary/aromatic N) is 3. The molecule has 1 saturated heterocycles. The molecule has 1 aromatic rings. The molecule has 0 spiro atoms. The monoisotopic (exact) mass is 250 g/mol. The van der Waals surface area contributed by atoms with Crippen LogP contribution in [0.1, 0.15) is 32.7 Å². The average Bonchev–Trinajstić information content (AvgIpc) is 2.78. The summed E-state index contributed by atoms with van der Waals surface area (Å²) in [7, 11) is 0. The maximum atomic E-state index is 12.3. The number of hydrogen-bond donors (Lipinski definition) is 1. The van der Waals surface area contributed by atoms with Crippen LogP contribution in [0.2, 0.25) is 0 Å². The Bertz CT molecular complexity index is 455. The van der Waals surface area contributed by atoms with E-state index in [9.17, 15) is 4.79 Å². The molecule has 5 nitrogen and oxygen atoms in total. The minimum absolute atomic E-state index is 0.0147. The first-order chi connectivity index (χ1) is 8.63. The lowest BCUT2D eigenvalue weighted by Gasteiger charge is -2.18. The van der Waals surface area contributed by atoms with Crippen molar-refractivity contribution in [2.45, 2.75) is 32.7 Å². The van der Waals surface area contributed by atoms with Crippen LogP contribution in [0.3, 0.4) is 0 Å². The van der Waals surface area contributed by atoms with Crippen LogP contribution in [-0.2, 0) is 0 Å². The van der Waals surface area contributed by atoms with Crippen molar-refractivity contribution in [1.82, 2.24) is 9.55 Å². The summed E-state index contributed by atoms with van der Waals surface area (Å²) in [4.78, 5) is 18.7. The fourth-order valence-corrected chi connectivity index (χ4v) is 2.53. The Morgan fingerprint density at radius 2 is 2.33 bits per heavy atom. The summed E-state index contributed by atoms with van der Waals surface area (Å²) in [5.41, 5.74) is 5.60. The first-order valence-corrected chi connectivity index (χ1v) is 6.65.